The van der Waals surface area contributed by atoms with Gasteiger partial charge in [0.15, 0.2) is 0 Å². The number of aliphatic hydroxyl groups excluding tert-OH is 1. The molecule has 0 spiro atoms. The first-order valence-corrected chi connectivity index (χ1v) is 7.93. The Morgan fingerprint density at radius 3 is 2.54 bits per heavy atom. The summed E-state index contributed by atoms with van der Waals surface area (Å²) in [6.07, 6.45) is 0.634. The molecule has 2 amide bonds. The predicted octanol–water partition coefficient (Wildman–Crippen LogP) is 0.942. The van der Waals surface area contributed by atoms with E-state index in [2.05, 4.69) is 5.32 Å². The number of ether oxygens (including phenoxy) is 1. The van der Waals surface area contributed by atoms with Crippen LogP contribution in [-0.4, -0.2) is 60.8 Å². The van der Waals surface area contributed by atoms with Gasteiger partial charge in [0.05, 0.1) is 25.2 Å². The summed E-state index contributed by atoms with van der Waals surface area (Å²) >= 11 is 0. The quantitative estimate of drug-likeness (QED) is 0.838. The van der Waals surface area contributed by atoms with E-state index in [0.717, 1.165) is 0 Å². The second-order valence-corrected chi connectivity index (χ2v) is 6.14. The van der Waals surface area contributed by atoms with E-state index in [-0.39, 0.29) is 37.0 Å². The molecule has 132 valence electrons. The summed E-state index contributed by atoms with van der Waals surface area (Å²) in [5.74, 6) is -0.787. The van der Waals surface area contributed by atoms with Gasteiger partial charge in [0.1, 0.15) is 11.9 Å². The van der Waals surface area contributed by atoms with Crippen LogP contribution in [0.3, 0.4) is 0 Å². The van der Waals surface area contributed by atoms with E-state index in [1.807, 2.05) is 0 Å². The molecule has 2 N–H and O–H groups in total. The number of carbonyl (C=O) groups excluding carboxylic acids is 2. The van der Waals surface area contributed by atoms with Crippen molar-refractivity contribution in [3.8, 4) is 0 Å². The molecule has 1 aliphatic heterocycles. The van der Waals surface area contributed by atoms with Crippen LogP contribution < -0.4 is 5.32 Å². The molecule has 7 heteroatoms. The van der Waals surface area contributed by atoms with Gasteiger partial charge in [0, 0.05) is 19.7 Å². The van der Waals surface area contributed by atoms with Gasteiger partial charge in [-0.05, 0) is 37.1 Å². The van der Waals surface area contributed by atoms with Gasteiger partial charge in [0.2, 0.25) is 5.91 Å². The molecule has 2 rings (SSSR count). The average Bonchev–Trinajstić information content (AvgIpc) is 2.56. The summed E-state index contributed by atoms with van der Waals surface area (Å²) in [7, 11) is 3.36. The lowest BCUT2D eigenvalue weighted by Gasteiger charge is -2.36. The number of amides is 2. The molecule has 24 heavy (non-hydrogen) atoms. The summed E-state index contributed by atoms with van der Waals surface area (Å²) in [6.45, 7) is -0.249. The third-order valence-electron chi connectivity index (χ3n) is 4.12. The van der Waals surface area contributed by atoms with Gasteiger partial charge in [-0.1, -0.05) is 0 Å². The monoisotopic (exact) mass is 338 g/mol. The topological polar surface area (TPSA) is 78.9 Å². The second-order valence-electron chi connectivity index (χ2n) is 6.14. The lowest BCUT2D eigenvalue weighted by molar-refractivity contribution is -0.137. The molecule has 0 unspecified atom stereocenters. The van der Waals surface area contributed by atoms with Gasteiger partial charge in [-0.3, -0.25) is 9.59 Å². The van der Waals surface area contributed by atoms with E-state index in [0.29, 0.717) is 18.4 Å². The van der Waals surface area contributed by atoms with Crippen molar-refractivity contribution in [1.82, 2.24) is 10.2 Å². The Bertz CT molecular complexity index is 576. The summed E-state index contributed by atoms with van der Waals surface area (Å²) in [4.78, 5) is 25.5. The van der Waals surface area contributed by atoms with Crippen molar-refractivity contribution in [1.29, 1.82) is 0 Å². The fourth-order valence-electron chi connectivity index (χ4n) is 2.68. The third-order valence-corrected chi connectivity index (χ3v) is 4.12. The van der Waals surface area contributed by atoms with E-state index in [4.69, 9.17) is 4.74 Å². The zero-order valence-electron chi connectivity index (χ0n) is 13.9. The third kappa shape index (κ3) is 4.75. The van der Waals surface area contributed by atoms with Gasteiger partial charge in [-0.2, -0.15) is 0 Å². The van der Waals surface area contributed by atoms with Crippen molar-refractivity contribution in [3.63, 3.8) is 0 Å². The highest BCUT2D eigenvalue weighted by Crippen LogP contribution is 2.22. The molecule has 1 aromatic carbocycles. The second kappa shape index (κ2) is 8.21. The van der Waals surface area contributed by atoms with E-state index in [9.17, 15) is 19.1 Å². The first kappa shape index (κ1) is 18.4. The molecule has 1 aromatic rings. The highest BCUT2D eigenvalue weighted by atomic mass is 19.1. The number of rotatable bonds is 5. The van der Waals surface area contributed by atoms with Gasteiger partial charge >= 0.3 is 0 Å². The summed E-state index contributed by atoms with van der Waals surface area (Å²) in [6, 6.07) is 4.90. The van der Waals surface area contributed by atoms with Crippen LogP contribution in [0.4, 0.5) is 4.39 Å². The Morgan fingerprint density at radius 1 is 1.29 bits per heavy atom. The van der Waals surface area contributed by atoms with E-state index in [1.165, 1.54) is 29.2 Å². The Balaban J connectivity index is 1.93. The Morgan fingerprint density at radius 2 is 1.96 bits per heavy atom. The van der Waals surface area contributed by atoms with Crippen molar-refractivity contribution < 1.29 is 23.8 Å². The van der Waals surface area contributed by atoms with Crippen molar-refractivity contribution in [2.75, 3.05) is 20.7 Å². The van der Waals surface area contributed by atoms with Crippen molar-refractivity contribution in [2.24, 2.45) is 0 Å². The smallest absolute Gasteiger partial charge is 0.251 e. The maximum Gasteiger partial charge on any atom is 0.251 e. The number of aliphatic hydroxyl groups is 1. The first-order chi connectivity index (χ1) is 11.4. The minimum absolute atomic E-state index is 0.0366. The molecule has 1 saturated heterocycles. The molecule has 0 radical (unpaired) electrons. The summed E-state index contributed by atoms with van der Waals surface area (Å²) in [5, 5.41) is 12.3. The molecule has 0 aliphatic carbocycles. The normalized spacial score (nSPS) is 23.6. The fourth-order valence-corrected chi connectivity index (χ4v) is 2.68. The highest BCUT2D eigenvalue weighted by molar-refractivity contribution is 5.94. The lowest BCUT2D eigenvalue weighted by atomic mass is 9.96. The Kier molecular flexibility index (Phi) is 6.28. The van der Waals surface area contributed by atoms with Crippen molar-refractivity contribution in [2.45, 2.75) is 37.5 Å². The van der Waals surface area contributed by atoms with Gasteiger partial charge in [-0.15, -0.1) is 0 Å². The lowest BCUT2D eigenvalue weighted by Crippen LogP contribution is -2.51. The molecule has 1 heterocycles. The SMILES string of the molecule is CN(C)C(=O)C[C@@H]1CC[C@@H](NC(=O)c2ccc(F)cc2)[C@H](CO)O1. The maximum atomic E-state index is 12.9. The number of halogens is 1. The maximum absolute atomic E-state index is 12.9. The highest BCUT2D eigenvalue weighted by Gasteiger charge is 2.33. The predicted molar refractivity (Wildman–Crippen MR) is 85.9 cm³/mol. The first-order valence-electron chi connectivity index (χ1n) is 7.93. The van der Waals surface area contributed by atoms with Crippen LogP contribution in [0.25, 0.3) is 0 Å². The Labute approximate surface area is 140 Å². The number of benzene rings is 1. The van der Waals surface area contributed by atoms with Crippen LogP contribution in [0, 0.1) is 5.82 Å². The van der Waals surface area contributed by atoms with Gasteiger partial charge < -0.3 is 20.1 Å². The number of nitrogens with zero attached hydrogens (tertiary/aromatic N) is 1. The van der Waals surface area contributed by atoms with Crippen LogP contribution in [-0.2, 0) is 9.53 Å². The molecule has 0 bridgehead atoms. The van der Waals surface area contributed by atoms with Crippen LogP contribution in [0.15, 0.2) is 24.3 Å². The van der Waals surface area contributed by atoms with E-state index in [1.54, 1.807) is 14.1 Å². The molecule has 1 aliphatic rings. The zero-order chi connectivity index (χ0) is 17.7. The van der Waals surface area contributed by atoms with Crippen molar-refractivity contribution >= 4 is 11.8 Å². The minimum atomic E-state index is -0.567. The zero-order valence-corrected chi connectivity index (χ0v) is 13.9. The Hall–Kier alpha value is -1.99. The number of hydrogen-bond donors (Lipinski definition) is 2. The number of nitrogens with one attached hydrogen (secondary N) is 1. The summed E-state index contributed by atoms with van der Waals surface area (Å²) in [5.41, 5.74) is 0.345. The molecular weight excluding hydrogens is 315 g/mol. The average molecular weight is 338 g/mol. The van der Waals surface area contributed by atoms with Crippen LogP contribution in [0.5, 0.6) is 0 Å². The minimum Gasteiger partial charge on any atom is -0.394 e. The molecular formula is C17H23FN2O4. The molecule has 3 atom stereocenters. The fraction of sp³-hybridized carbons (Fsp3) is 0.529. The number of carbonyl (C=O) groups is 2. The van der Waals surface area contributed by atoms with E-state index >= 15 is 0 Å². The summed E-state index contributed by atoms with van der Waals surface area (Å²) < 4.78 is 18.7. The standard InChI is InChI=1S/C17H23FN2O4/c1-20(2)16(22)9-13-7-8-14(15(10-21)24-13)19-17(23)11-3-5-12(18)6-4-11/h3-6,13-15,21H,7-10H2,1-2H3,(H,19,23)/t13-,14+,15-/m0/s1. The molecule has 0 saturated carbocycles. The molecule has 6 nitrogen and oxygen atoms in total. The number of hydrogen-bond acceptors (Lipinski definition) is 4. The van der Waals surface area contributed by atoms with Gasteiger partial charge in [0.25, 0.3) is 5.91 Å². The van der Waals surface area contributed by atoms with Crippen molar-refractivity contribution in [3.05, 3.63) is 35.6 Å². The molecule has 1 fully saturated rings. The van der Waals surface area contributed by atoms with E-state index < -0.39 is 11.9 Å². The van der Waals surface area contributed by atoms with Crippen LogP contribution in [0.1, 0.15) is 29.6 Å². The molecule has 0 aromatic heterocycles. The largest absolute Gasteiger partial charge is 0.394 e. The van der Waals surface area contributed by atoms with Crippen LogP contribution >= 0.6 is 0 Å². The van der Waals surface area contributed by atoms with Crippen LogP contribution in [0.2, 0.25) is 0 Å². The van der Waals surface area contributed by atoms with Gasteiger partial charge in [-0.25, -0.2) is 4.39 Å².